The summed E-state index contributed by atoms with van der Waals surface area (Å²) in [5.41, 5.74) is 0.432. The lowest BCUT2D eigenvalue weighted by atomic mass is 10.0. The molecule has 3 heterocycles. The molecule has 8 nitrogen and oxygen atoms in total. The van der Waals surface area contributed by atoms with Crippen LogP contribution in [0.25, 0.3) is 33.1 Å². The summed E-state index contributed by atoms with van der Waals surface area (Å²) in [4.78, 5) is 17.4. The Bertz CT molecular complexity index is 1540. The Labute approximate surface area is 230 Å². The Balaban J connectivity index is 1.63. The maximum atomic E-state index is 15.0. The van der Waals surface area contributed by atoms with Gasteiger partial charge in [-0.05, 0) is 49.2 Å². The fraction of sp³-hybridized carbons (Fsp3) is 0.393. The van der Waals surface area contributed by atoms with Gasteiger partial charge in [0.15, 0.2) is 5.82 Å². The van der Waals surface area contributed by atoms with E-state index in [4.69, 9.17) is 9.84 Å². The summed E-state index contributed by atoms with van der Waals surface area (Å²) >= 11 is 0. The van der Waals surface area contributed by atoms with Crippen LogP contribution in [0.4, 0.5) is 23.8 Å². The highest BCUT2D eigenvalue weighted by Crippen LogP contribution is 2.37. The van der Waals surface area contributed by atoms with Crippen molar-refractivity contribution < 1.29 is 27.8 Å². The van der Waals surface area contributed by atoms with Crippen molar-refractivity contribution in [3.05, 3.63) is 53.8 Å². The fourth-order valence-corrected chi connectivity index (χ4v) is 5.68. The summed E-state index contributed by atoms with van der Waals surface area (Å²) in [6.07, 6.45) is 0.160. The molecular weight excluding hydrogens is 539 g/mol. The zero-order valence-electron chi connectivity index (χ0n) is 22.7. The van der Waals surface area contributed by atoms with Crippen LogP contribution in [0.15, 0.2) is 36.4 Å². The van der Waals surface area contributed by atoms with Crippen LogP contribution in [0.2, 0.25) is 25.7 Å². The molecule has 0 unspecified atom stereocenters. The Morgan fingerprint density at radius 1 is 1.07 bits per heavy atom. The Hall–Kier alpha value is -3.64. The SMILES string of the molecule is C[Si](C)(C)CCOCn1nc2c(nc(-c3c(F)cccc3F)c3cc(F)ccc32)c1NC1CCN(C(=O)O)CC1. The molecule has 0 spiro atoms. The third-order valence-electron chi connectivity index (χ3n) is 7.16. The third-order valence-corrected chi connectivity index (χ3v) is 8.86. The van der Waals surface area contributed by atoms with E-state index in [0.717, 1.165) is 18.2 Å². The maximum absolute atomic E-state index is 15.0. The second kappa shape index (κ2) is 11.1. The van der Waals surface area contributed by atoms with Crippen LogP contribution in [-0.4, -0.2) is 64.7 Å². The zero-order chi connectivity index (χ0) is 28.6. The van der Waals surface area contributed by atoms with Crippen LogP contribution >= 0.6 is 0 Å². The number of anilines is 1. The minimum absolute atomic E-state index is 0.0273. The quantitative estimate of drug-likeness (QED) is 0.184. The molecule has 2 N–H and O–H groups in total. The van der Waals surface area contributed by atoms with Gasteiger partial charge in [-0.25, -0.2) is 27.6 Å². The minimum Gasteiger partial charge on any atom is -0.465 e. The van der Waals surface area contributed by atoms with E-state index in [9.17, 15) is 23.1 Å². The van der Waals surface area contributed by atoms with E-state index in [-0.39, 0.29) is 29.4 Å². The maximum Gasteiger partial charge on any atom is 0.407 e. The highest BCUT2D eigenvalue weighted by atomic mass is 28.3. The Kier molecular flexibility index (Phi) is 7.73. The van der Waals surface area contributed by atoms with E-state index in [2.05, 4.69) is 29.9 Å². The van der Waals surface area contributed by atoms with Gasteiger partial charge in [-0.15, -0.1) is 0 Å². The van der Waals surface area contributed by atoms with Crippen molar-refractivity contribution in [2.24, 2.45) is 0 Å². The lowest BCUT2D eigenvalue weighted by Crippen LogP contribution is -2.42. The predicted octanol–water partition coefficient (Wildman–Crippen LogP) is 6.54. The van der Waals surface area contributed by atoms with Crippen molar-refractivity contribution >= 4 is 41.8 Å². The first-order chi connectivity index (χ1) is 19.0. The third kappa shape index (κ3) is 5.78. The van der Waals surface area contributed by atoms with Gasteiger partial charge in [-0.1, -0.05) is 25.7 Å². The first kappa shape index (κ1) is 27.9. The highest BCUT2D eigenvalue weighted by molar-refractivity contribution is 6.76. The summed E-state index contributed by atoms with van der Waals surface area (Å²) in [7, 11) is -1.33. The molecular formula is C28H32F3N5O3Si. The predicted molar refractivity (Wildman–Crippen MR) is 151 cm³/mol. The molecule has 5 rings (SSSR count). The van der Waals surface area contributed by atoms with E-state index in [1.165, 1.54) is 29.2 Å². The number of halogens is 3. The molecule has 0 bridgehead atoms. The summed E-state index contributed by atoms with van der Waals surface area (Å²) in [6.45, 7) is 8.17. The number of carboxylic acid groups (broad SMARTS) is 1. The van der Waals surface area contributed by atoms with Gasteiger partial charge in [-0.2, -0.15) is 5.10 Å². The summed E-state index contributed by atoms with van der Waals surface area (Å²) < 4.78 is 52.0. The van der Waals surface area contributed by atoms with Gasteiger partial charge in [-0.3, -0.25) is 0 Å². The van der Waals surface area contributed by atoms with Gasteiger partial charge in [0, 0.05) is 44.6 Å². The Morgan fingerprint density at radius 3 is 2.42 bits per heavy atom. The highest BCUT2D eigenvalue weighted by Gasteiger charge is 2.27. The lowest BCUT2D eigenvalue weighted by molar-refractivity contribution is 0.0803. The number of nitrogens with one attached hydrogen (secondary N) is 1. The normalized spacial score (nSPS) is 14.8. The number of hydrogen-bond acceptors (Lipinski definition) is 5. The second-order valence-corrected chi connectivity index (χ2v) is 16.9. The van der Waals surface area contributed by atoms with Gasteiger partial charge in [0.2, 0.25) is 0 Å². The number of carbonyl (C=O) groups is 1. The number of rotatable bonds is 8. The topological polar surface area (TPSA) is 92.5 Å². The first-order valence-electron chi connectivity index (χ1n) is 13.3. The molecule has 0 radical (unpaired) electrons. The van der Waals surface area contributed by atoms with Crippen LogP contribution in [-0.2, 0) is 11.5 Å². The van der Waals surface area contributed by atoms with Crippen LogP contribution in [0.5, 0.6) is 0 Å². The molecule has 4 aromatic rings. The summed E-state index contributed by atoms with van der Waals surface area (Å²) in [6, 6.07) is 8.44. The second-order valence-electron chi connectivity index (χ2n) is 11.3. The molecule has 40 heavy (non-hydrogen) atoms. The lowest BCUT2D eigenvalue weighted by Gasteiger charge is -2.31. The van der Waals surface area contributed by atoms with Crippen molar-refractivity contribution in [2.75, 3.05) is 25.0 Å². The number of ether oxygens (including phenoxy) is 1. The summed E-state index contributed by atoms with van der Waals surface area (Å²) in [5, 5.41) is 18.3. The number of likely N-dealkylation sites (tertiary alicyclic amines) is 1. The van der Waals surface area contributed by atoms with Crippen LogP contribution in [0.3, 0.4) is 0 Å². The Morgan fingerprint density at radius 2 is 1.77 bits per heavy atom. The van der Waals surface area contributed by atoms with Crippen molar-refractivity contribution in [3.63, 3.8) is 0 Å². The van der Waals surface area contributed by atoms with Gasteiger partial charge >= 0.3 is 6.09 Å². The average Bonchev–Trinajstić information content (AvgIpc) is 3.23. The van der Waals surface area contributed by atoms with Crippen molar-refractivity contribution in [3.8, 4) is 11.3 Å². The largest absolute Gasteiger partial charge is 0.465 e. The van der Waals surface area contributed by atoms with Gasteiger partial charge in [0.25, 0.3) is 0 Å². The number of fused-ring (bicyclic) bond motifs is 3. The van der Waals surface area contributed by atoms with E-state index in [1.807, 2.05) is 0 Å². The number of piperidine rings is 1. The number of pyridine rings is 1. The van der Waals surface area contributed by atoms with Crippen LogP contribution < -0.4 is 5.32 Å². The number of benzene rings is 2. The van der Waals surface area contributed by atoms with Crippen LogP contribution in [0.1, 0.15) is 12.8 Å². The summed E-state index contributed by atoms with van der Waals surface area (Å²) in [5.74, 6) is -1.68. The van der Waals surface area contributed by atoms with Crippen LogP contribution in [0, 0.1) is 17.5 Å². The molecule has 1 aliphatic heterocycles. The number of aromatic nitrogens is 3. The molecule has 1 fully saturated rings. The molecule has 0 aliphatic carbocycles. The van der Waals surface area contributed by atoms with E-state index < -0.39 is 31.6 Å². The smallest absolute Gasteiger partial charge is 0.407 e. The molecule has 2 aromatic carbocycles. The molecule has 12 heteroatoms. The number of amides is 1. The number of hydrogen-bond donors (Lipinski definition) is 2. The van der Waals surface area contributed by atoms with Crippen molar-refractivity contribution in [1.29, 1.82) is 0 Å². The van der Waals surface area contributed by atoms with E-state index in [0.29, 0.717) is 54.8 Å². The first-order valence-corrected chi connectivity index (χ1v) is 17.0. The van der Waals surface area contributed by atoms with Gasteiger partial charge < -0.3 is 20.1 Å². The molecule has 1 aliphatic rings. The number of nitrogens with zero attached hydrogens (tertiary/aromatic N) is 4. The molecule has 1 amide bonds. The fourth-order valence-electron chi connectivity index (χ4n) is 4.92. The molecule has 1 saturated heterocycles. The molecule has 212 valence electrons. The van der Waals surface area contributed by atoms with E-state index in [1.54, 1.807) is 4.68 Å². The molecule has 0 atom stereocenters. The minimum atomic E-state index is -1.33. The van der Waals surface area contributed by atoms with Crippen molar-refractivity contribution in [1.82, 2.24) is 19.7 Å². The van der Waals surface area contributed by atoms with E-state index >= 15 is 0 Å². The van der Waals surface area contributed by atoms with Crippen molar-refractivity contribution in [2.45, 2.75) is 51.3 Å². The van der Waals surface area contributed by atoms with Gasteiger partial charge in [0.05, 0.1) is 11.3 Å². The average molecular weight is 572 g/mol. The molecule has 0 saturated carbocycles. The van der Waals surface area contributed by atoms with Gasteiger partial charge in [0.1, 0.15) is 35.2 Å². The monoisotopic (exact) mass is 571 g/mol. The standard InChI is InChI=1S/C28H32F3N5O3Si/c1-40(2,3)14-13-39-16-36-27(32-18-9-11-35(12-10-18)28(37)38)26-25(34-36)19-8-7-17(29)15-20(19)24(33-26)23-21(30)5-4-6-22(23)31/h4-8,15,18,32H,9-14,16H2,1-3H3,(H,37,38). The molecule has 2 aromatic heterocycles. The zero-order valence-corrected chi connectivity index (χ0v) is 23.7.